The van der Waals surface area contributed by atoms with E-state index in [9.17, 15) is 4.79 Å². The largest absolute Gasteiger partial charge is 0.493 e. The van der Waals surface area contributed by atoms with E-state index in [0.717, 1.165) is 12.0 Å². The van der Waals surface area contributed by atoms with Crippen molar-refractivity contribution in [3.05, 3.63) is 65.0 Å². The van der Waals surface area contributed by atoms with Crippen LogP contribution in [-0.2, 0) is 11.3 Å². The molecule has 0 bridgehead atoms. The maximum absolute atomic E-state index is 12.8. The monoisotopic (exact) mass is 466 g/mol. The van der Waals surface area contributed by atoms with Gasteiger partial charge in [0.25, 0.3) is 0 Å². The first-order valence-electron chi connectivity index (χ1n) is 10.3. The fraction of sp³-hybridized carbons (Fsp3) is 0.250. The minimum atomic E-state index is -0.196. The highest BCUT2D eigenvalue weighted by atomic mass is 35.5. The molecule has 0 saturated carbocycles. The molecule has 0 aliphatic rings. The lowest BCUT2D eigenvalue weighted by Crippen LogP contribution is -2.29. The number of carbonyl (C=O) groups is 1. The Morgan fingerprint density at radius 2 is 2.06 bits per heavy atom. The Bertz CT molecular complexity index is 1170. The average molecular weight is 467 g/mol. The molecule has 1 heterocycles. The number of hydrogen-bond acceptors (Lipinski definition) is 7. The average Bonchev–Trinajstić information content (AvgIpc) is 3.29. The van der Waals surface area contributed by atoms with Gasteiger partial charge in [0, 0.05) is 12.6 Å². The Kier molecular flexibility index (Phi) is 8.44. The van der Waals surface area contributed by atoms with Crippen LogP contribution in [0.5, 0.6) is 11.5 Å². The molecule has 3 aromatic rings. The molecule has 0 unspecified atom stereocenters. The van der Waals surface area contributed by atoms with Gasteiger partial charge in [-0.05, 0) is 42.3 Å². The van der Waals surface area contributed by atoms with Crippen molar-refractivity contribution in [3.8, 4) is 29.0 Å². The summed E-state index contributed by atoms with van der Waals surface area (Å²) >= 11 is 6.20. The van der Waals surface area contributed by atoms with Crippen LogP contribution < -0.4 is 9.47 Å². The lowest BCUT2D eigenvalue weighted by atomic mass is 10.2. The van der Waals surface area contributed by atoms with Gasteiger partial charge in [-0.15, -0.1) is 10.2 Å². The molecule has 33 heavy (non-hydrogen) atoms. The van der Waals surface area contributed by atoms with Crippen LogP contribution in [0.1, 0.15) is 24.8 Å². The van der Waals surface area contributed by atoms with Crippen molar-refractivity contribution in [2.45, 2.75) is 19.9 Å². The first-order valence-corrected chi connectivity index (χ1v) is 10.7. The first kappa shape index (κ1) is 23.8. The van der Waals surface area contributed by atoms with E-state index in [2.05, 4.69) is 10.2 Å². The highest BCUT2D eigenvalue weighted by molar-refractivity contribution is 6.33. The highest BCUT2D eigenvalue weighted by Gasteiger charge is 2.17. The molecule has 0 N–H and O–H groups in total. The van der Waals surface area contributed by atoms with E-state index in [0.29, 0.717) is 40.4 Å². The van der Waals surface area contributed by atoms with E-state index >= 15 is 0 Å². The third-order valence-electron chi connectivity index (χ3n) is 4.60. The zero-order valence-electron chi connectivity index (χ0n) is 18.3. The van der Waals surface area contributed by atoms with Crippen molar-refractivity contribution in [2.75, 3.05) is 20.3 Å². The Morgan fingerprint density at radius 1 is 1.24 bits per heavy atom. The van der Waals surface area contributed by atoms with Gasteiger partial charge in [0.2, 0.25) is 17.7 Å². The second kappa shape index (κ2) is 11.7. The van der Waals surface area contributed by atoms with Crippen LogP contribution in [0.4, 0.5) is 0 Å². The fourth-order valence-corrected chi connectivity index (χ4v) is 3.27. The Morgan fingerprint density at radius 3 is 2.79 bits per heavy atom. The molecular weight excluding hydrogens is 444 g/mol. The molecule has 8 nitrogen and oxygen atoms in total. The van der Waals surface area contributed by atoms with E-state index in [1.54, 1.807) is 41.3 Å². The minimum Gasteiger partial charge on any atom is -0.493 e. The van der Waals surface area contributed by atoms with Crippen LogP contribution in [0.3, 0.4) is 0 Å². The molecular formula is C24H23ClN4O4. The van der Waals surface area contributed by atoms with Crippen LogP contribution in [0, 0.1) is 11.3 Å². The number of halogens is 1. The predicted molar refractivity (Wildman–Crippen MR) is 124 cm³/mol. The number of methoxy groups -OCH3 is 1. The van der Waals surface area contributed by atoms with Crippen molar-refractivity contribution in [3.63, 3.8) is 0 Å². The molecule has 3 rings (SSSR count). The summed E-state index contributed by atoms with van der Waals surface area (Å²) in [4.78, 5) is 14.5. The topological polar surface area (TPSA) is 101 Å². The van der Waals surface area contributed by atoms with Gasteiger partial charge in [0.05, 0.1) is 24.2 Å². The van der Waals surface area contributed by atoms with Gasteiger partial charge in [-0.3, -0.25) is 4.79 Å². The molecule has 2 aromatic carbocycles. The number of nitrogens with zero attached hydrogens (tertiary/aromatic N) is 4. The van der Waals surface area contributed by atoms with Gasteiger partial charge in [0.1, 0.15) is 6.07 Å². The van der Waals surface area contributed by atoms with Crippen molar-refractivity contribution >= 4 is 23.6 Å². The Balaban J connectivity index is 1.71. The molecule has 170 valence electrons. The zero-order valence-corrected chi connectivity index (χ0v) is 19.1. The molecule has 1 amide bonds. The molecule has 0 aliphatic carbocycles. The summed E-state index contributed by atoms with van der Waals surface area (Å²) in [6, 6.07) is 14.3. The van der Waals surface area contributed by atoms with Gasteiger partial charge >= 0.3 is 0 Å². The molecule has 0 atom stereocenters. The summed E-state index contributed by atoms with van der Waals surface area (Å²) in [5.74, 6) is 1.36. The number of aromatic nitrogens is 2. The van der Waals surface area contributed by atoms with Gasteiger partial charge in [0.15, 0.2) is 18.1 Å². The number of carbonyl (C=O) groups excluding carboxylic acids is 1. The third kappa shape index (κ3) is 6.34. The fourth-order valence-electron chi connectivity index (χ4n) is 3.05. The number of ether oxygens (including phenoxy) is 2. The highest BCUT2D eigenvalue weighted by Crippen LogP contribution is 2.29. The molecule has 9 heteroatoms. The van der Waals surface area contributed by atoms with Gasteiger partial charge in [-0.2, -0.15) is 5.26 Å². The smallest absolute Gasteiger partial charge is 0.249 e. The maximum atomic E-state index is 12.8. The van der Waals surface area contributed by atoms with Crippen LogP contribution in [0.2, 0.25) is 5.02 Å². The van der Waals surface area contributed by atoms with E-state index in [4.69, 9.17) is 30.8 Å². The molecule has 0 aliphatic heterocycles. The quantitative estimate of drug-likeness (QED) is 0.397. The minimum absolute atomic E-state index is 0.0795. The van der Waals surface area contributed by atoms with Crippen LogP contribution in [0.25, 0.3) is 17.5 Å². The number of nitriles is 1. The standard InChI is InChI=1S/C24H23ClN4O4/c1-3-13-29(16-22-27-28-24(33-22)18-6-4-5-7-19(18)25)23(30)11-9-17-8-10-20(32-14-12-26)21(15-17)31-2/h4-11,15H,3,13-14,16H2,1-2H3/b11-9+. The Hall–Kier alpha value is -3.83. The SMILES string of the molecule is CCCN(Cc1nnc(-c2ccccc2Cl)o1)C(=O)/C=C/c1ccc(OCC#N)c(OC)c1. The van der Waals surface area contributed by atoms with Gasteiger partial charge in [-0.25, -0.2) is 0 Å². The van der Waals surface area contributed by atoms with Crippen molar-refractivity contribution in [1.29, 1.82) is 5.26 Å². The normalized spacial score (nSPS) is 10.7. The van der Waals surface area contributed by atoms with Crippen LogP contribution in [0.15, 0.2) is 53.0 Å². The number of amides is 1. The van der Waals surface area contributed by atoms with Gasteiger partial charge in [-0.1, -0.05) is 36.7 Å². The summed E-state index contributed by atoms with van der Waals surface area (Å²) in [5.41, 5.74) is 1.39. The van der Waals surface area contributed by atoms with Crippen molar-refractivity contribution < 1.29 is 18.7 Å². The summed E-state index contributed by atoms with van der Waals surface area (Å²) in [7, 11) is 1.51. The lowest BCUT2D eigenvalue weighted by Gasteiger charge is -2.18. The summed E-state index contributed by atoms with van der Waals surface area (Å²) in [6.45, 7) is 2.61. The van der Waals surface area contributed by atoms with E-state index < -0.39 is 0 Å². The Labute approximate surface area is 197 Å². The summed E-state index contributed by atoms with van der Waals surface area (Å²) in [6.07, 6.45) is 3.93. The molecule has 0 saturated heterocycles. The lowest BCUT2D eigenvalue weighted by molar-refractivity contribution is -0.126. The van der Waals surface area contributed by atoms with Crippen LogP contribution >= 0.6 is 11.6 Å². The third-order valence-corrected chi connectivity index (χ3v) is 4.93. The maximum Gasteiger partial charge on any atom is 0.249 e. The van der Waals surface area contributed by atoms with Crippen molar-refractivity contribution in [2.24, 2.45) is 0 Å². The molecule has 0 spiro atoms. The first-order chi connectivity index (χ1) is 16.0. The van der Waals surface area contributed by atoms with Gasteiger partial charge < -0.3 is 18.8 Å². The number of hydrogen-bond donors (Lipinski definition) is 0. The summed E-state index contributed by atoms with van der Waals surface area (Å²) < 4.78 is 16.4. The number of benzene rings is 2. The second-order valence-electron chi connectivity index (χ2n) is 6.93. The summed E-state index contributed by atoms with van der Waals surface area (Å²) in [5, 5.41) is 17.3. The van der Waals surface area contributed by atoms with Crippen LogP contribution in [-0.4, -0.2) is 41.3 Å². The van der Waals surface area contributed by atoms with Crippen molar-refractivity contribution in [1.82, 2.24) is 15.1 Å². The molecule has 1 aromatic heterocycles. The number of rotatable bonds is 10. The zero-order chi connectivity index (χ0) is 23.6. The molecule has 0 radical (unpaired) electrons. The van der Waals surface area contributed by atoms with E-state index in [1.807, 2.05) is 25.1 Å². The van der Waals surface area contributed by atoms with E-state index in [-0.39, 0.29) is 19.1 Å². The predicted octanol–water partition coefficient (Wildman–Crippen LogP) is 4.75. The second-order valence-corrected chi connectivity index (χ2v) is 7.34. The molecule has 0 fully saturated rings. The van der Waals surface area contributed by atoms with E-state index in [1.165, 1.54) is 13.2 Å².